The topological polar surface area (TPSA) is 68.5 Å². The molecule has 0 spiro atoms. The van der Waals surface area contributed by atoms with Crippen LogP contribution in [0.4, 0.5) is 0 Å². The second kappa shape index (κ2) is 5.11. The molecule has 0 bridgehead atoms. The third-order valence-electron chi connectivity index (χ3n) is 3.04. The zero-order chi connectivity index (χ0) is 12.4. The molecule has 0 aliphatic carbocycles. The van der Waals surface area contributed by atoms with Crippen molar-refractivity contribution in [1.82, 2.24) is 30.3 Å². The molecule has 1 aliphatic heterocycles. The van der Waals surface area contributed by atoms with Gasteiger partial charge >= 0.3 is 0 Å². The molecule has 0 saturated carbocycles. The summed E-state index contributed by atoms with van der Waals surface area (Å²) in [6.07, 6.45) is 3.83. The van der Waals surface area contributed by atoms with Gasteiger partial charge in [0.2, 0.25) is 0 Å². The lowest BCUT2D eigenvalue weighted by molar-refractivity contribution is 0.365. The van der Waals surface area contributed by atoms with Crippen LogP contribution in [-0.4, -0.2) is 25.0 Å². The molecular formula is C11H13BrN6. The van der Waals surface area contributed by atoms with E-state index >= 15 is 0 Å². The maximum absolute atomic E-state index is 4.31. The highest BCUT2D eigenvalue weighted by atomic mass is 79.9. The second-order valence-corrected chi connectivity index (χ2v) is 5.08. The molecule has 6 nitrogen and oxygen atoms in total. The van der Waals surface area contributed by atoms with Crippen LogP contribution in [0.1, 0.15) is 30.4 Å². The Bertz CT molecular complexity index is 523. The monoisotopic (exact) mass is 308 g/mol. The molecular weight excluding hydrogens is 296 g/mol. The lowest BCUT2D eigenvalue weighted by Crippen LogP contribution is -2.28. The van der Waals surface area contributed by atoms with Gasteiger partial charge in [-0.15, -0.1) is 5.10 Å². The van der Waals surface area contributed by atoms with E-state index in [9.17, 15) is 0 Å². The summed E-state index contributed by atoms with van der Waals surface area (Å²) >= 11 is 3.27. The van der Waals surface area contributed by atoms with Gasteiger partial charge in [-0.2, -0.15) is 10.2 Å². The van der Waals surface area contributed by atoms with Crippen LogP contribution in [-0.2, 0) is 13.1 Å². The maximum Gasteiger partial charge on any atom is 0.143 e. The van der Waals surface area contributed by atoms with Crippen molar-refractivity contribution >= 4 is 15.9 Å². The van der Waals surface area contributed by atoms with Gasteiger partial charge in [-0.3, -0.25) is 0 Å². The zero-order valence-electron chi connectivity index (χ0n) is 9.75. The summed E-state index contributed by atoms with van der Waals surface area (Å²) in [6.45, 7) is 1.66. The zero-order valence-corrected chi connectivity index (χ0v) is 11.3. The Kier molecular flexibility index (Phi) is 3.33. The van der Waals surface area contributed by atoms with E-state index in [1.54, 1.807) is 6.33 Å². The number of rotatable bonds is 3. The average Bonchev–Trinajstić information content (AvgIpc) is 2.87. The smallest absolute Gasteiger partial charge is 0.143 e. The first-order valence-electron chi connectivity index (χ1n) is 5.92. The quantitative estimate of drug-likeness (QED) is 0.929. The van der Waals surface area contributed by atoms with Crippen molar-refractivity contribution in [1.29, 1.82) is 0 Å². The van der Waals surface area contributed by atoms with Crippen LogP contribution < -0.4 is 5.32 Å². The number of aromatic nitrogens is 5. The van der Waals surface area contributed by atoms with E-state index in [4.69, 9.17) is 0 Å². The first kappa shape index (κ1) is 11.7. The minimum Gasteiger partial charge on any atom is -0.302 e. The van der Waals surface area contributed by atoms with Crippen LogP contribution in [0, 0.1) is 0 Å². The van der Waals surface area contributed by atoms with Crippen molar-refractivity contribution < 1.29 is 0 Å². The Morgan fingerprint density at radius 3 is 3.17 bits per heavy atom. The number of hydrogen-bond donors (Lipinski definition) is 1. The highest BCUT2D eigenvalue weighted by molar-refractivity contribution is 9.10. The molecule has 94 valence electrons. The molecule has 2 aromatic heterocycles. The van der Waals surface area contributed by atoms with E-state index in [1.165, 1.54) is 0 Å². The second-order valence-electron chi connectivity index (χ2n) is 4.26. The van der Waals surface area contributed by atoms with Gasteiger partial charge in [-0.25, -0.2) is 9.67 Å². The lowest BCUT2D eigenvalue weighted by Gasteiger charge is -2.22. The van der Waals surface area contributed by atoms with Crippen molar-refractivity contribution in [3.05, 3.63) is 34.6 Å². The number of halogens is 1. The molecule has 2 aromatic rings. The Hall–Kier alpha value is -1.34. The number of fused-ring (bicyclic) bond motifs is 1. The van der Waals surface area contributed by atoms with Crippen molar-refractivity contribution in [2.24, 2.45) is 0 Å². The summed E-state index contributed by atoms with van der Waals surface area (Å²) in [6, 6.07) is 4.11. The number of hydrogen-bond acceptors (Lipinski definition) is 5. The first-order valence-corrected chi connectivity index (χ1v) is 6.71. The van der Waals surface area contributed by atoms with E-state index < -0.39 is 0 Å². The molecule has 3 rings (SSSR count). The van der Waals surface area contributed by atoms with Crippen molar-refractivity contribution in [2.45, 2.75) is 32.0 Å². The molecule has 0 fully saturated rings. The van der Waals surface area contributed by atoms with Gasteiger partial charge in [0, 0.05) is 13.1 Å². The molecule has 1 N–H and O–H groups in total. The summed E-state index contributed by atoms with van der Waals surface area (Å²) in [4.78, 5) is 4.31. The molecule has 18 heavy (non-hydrogen) atoms. The minimum absolute atomic E-state index is 0.256. The van der Waals surface area contributed by atoms with Gasteiger partial charge < -0.3 is 5.32 Å². The molecule has 0 unspecified atom stereocenters. The predicted octanol–water partition coefficient (Wildman–Crippen LogP) is 1.46. The third kappa shape index (κ3) is 2.41. The summed E-state index contributed by atoms with van der Waals surface area (Å²) < 4.78 is 2.72. The molecule has 0 radical (unpaired) electrons. The van der Waals surface area contributed by atoms with Crippen LogP contribution in [0.5, 0.6) is 0 Å². The predicted molar refractivity (Wildman–Crippen MR) is 68.6 cm³/mol. The minimum atomic E-state index is 0.256. The van der Waals surface area contributed by atoms with E-state index in [0.29, 0.717) is 6.54 Å². The van der Waals surface area contributed by atoms with Crippen LogP contribution in [0.25, 0.3) is 0 Å². The van der Waals surface area contributed by atoms with Crippen LogP contribution in [0.3, 0.4) is 0 Å². The number of nitrogens with one attached hydrogen (secondary N) is 1. The fourth-order valence-corrected chi connectivity index (χ4v) is 2.36. The van der Waals surface area contributed by atoms with Crippen molar-refractivity contribution in [3.8, 4) is 0 Å². The Morgan fingerprint density at radius 2 is 2.33 bits per heavy atom. The van der Waals surface area contributed by atoms with Crippen LogP contribution >= 0.6 is 15.9 Å². The summed E-state index contributed by atoms with van der Waals surface area (Å²) in [5.74, 6) is 1.02. The van der Waals surface area contributed by atoms with Gasteiger partial charge in [0.05, 0.1) is 11.7 Å². The maximum atomic E-state index is 4.31. The highest BCUT2D eigenvalue weighted by Gasteiger charge is 2.21. The molecule has 0 amide bonds. The van der Waals surface area contributed by atoms with Gasteiger partial charge in [0.15, 0.2) is 0 Å². The Labute approximate surface area is 113 Å². The summed E-state index contributed by atoms with van der Waals surface area (Å²) in [7, 11) is 0. The van der Waals surface area contributed by atoms with Crippen molar-refractivity contribution in [3.63, 3.8) is 0 Å². The normalized spacial score (nSPS) is 18.6. The van der Waals surface area contributed by atoms with Crippen LogP contribution in [0.15, 0.2) is 23.1 Å². The lowest BCUT2D eigenvalue weighted by atomic mass is 10.1. The molecule has 0 aromatic carbocycles. The molecule has 1 atom stereocenters. The van der Waals surface area contributed by atoms with E-state index in [0.717, 1.165) is 35.5 Å². The molecule has 1 aliphatic rings. The fraction of sp³-hybridized carbons (Fsp3) is 0.455. The van der Waals surface area contributed by atoms with Gasteiger partial charge in [-0.05, 0) is 40.9 Å². The molecule has 3 heterocycles. The Morgan fingerprint density at radius 1 is 1.39 bits per heavy atom. The summed E-state index contributed by atoms with van der Waals surface area (Å²) in [5.41, 5.74) is 0.926. The van der Waals surface area contributed by atoms with Crippen LogP contribution in [0.2, 0.25) is 0 Å². The van der Waals surface area contributed by atoms with Crippen molar-refractivity contribution in [2.75, 3.05) is 0 Å². The van der Waals surface area contributed by atoms with E-state index in [2.05, 4.69) is 41.5 Å². The number of aryl methyl sites for hydroxylation is 1. The van der Waals surface area contributed by atoms with Gasteiger partial charge in [-0.1, -0.05) is 0 Å². The third-order valence-corrected chi connectivity index (χ3v) is 3.46. The van der Waals surface area contributed by atoms with Gasteiger partial charge in [0.25, 0.3) is 0 Å². The summed E-state index contributed by atoms with van der Waals surface area (Å²) in [5, 5.41) is 15.7. The highest BCUT2D eigenvalue weighted by Crippen LogP contribution is 2.22. The largest absolute Gasteiger partial charge is 0.302 e. The first-order chi connectivity index (χ1) is 8.83. The fourth-order valence-electron chi connectivity index (χ4n) is 2.15. The molecule has 7 heteroatoms. The van der Waals surface area contributed by atoms with E-state index in [-0.39, 0.29) is 6.04 Å². The average molecular weight is 309 g/mol. The van der Waals surface area contributed by atoms with E-state index in [1.807, 2.05) is 16.8 Å². The van der Waals surface area contributed by atoms with Gasteiger partial charge in [0.1, 0.15) is 16.8 Å². The standard InChI is InChI=1S/C11H13BrN6/c12-10-4-3-8(16-17-10)6-13-9-2-1-5-18-11(9)14-7-15-18/h3-4,7,9,13H,1-2,5-6H2/t9-/m0/s1. The number of nitrogens with zero attached hydrogens (tertiary/aromatic N) is 5. The molecule has 0 saturated heterocycles. The SMILES string of the molecule is Brc1ccc(CN[C@H]2CCCn3ncnc32)nn1. The Balaban J connectivity index is 1.66.